The molecule has 1 amide bonds. The van der Waals surface area contributed by atoms with Crippen molar-refractivity contribution in [2.45, 2.75) is 24.8 Å². The summed E-state index contributed by atoms with van der Waals surface area (Å²) < 4.78 is 10.6. The van der Waals surface area contributed by atoms with E-state index in [2.05, 4.69) is 5.32 Å². The molecule has 0 bridgehead atoms. The van der Waals surface area contributed by atoms with Crippen LogP contribution in [0.4, 0.5) is 5.69 Å². The highest BCUT2D eigenvalue weighted by Crippen LogP contribution is 2.19. The highest BCUT2D eigenvalue weighted by molar-refractivity contribution is 7.98. The minimum atomic E-state index is -0.552. The lowest BCUT2D eigenvalue weighted by atomic mass is 10.2. The predicted octanol–water partition coefficient (Wildman–Crippen LogP) is 3.99. The monoisotopic (exact) mass is 359 g/mol. The first kappa shape index (κ1) is 18.9. The van der Waals surface area contributed by atoms with Crippen LogP contribution >= 0.6 is 11.8 Å². The normalized spacial score (nSPS) is 10.4. The Morgan fingerprint density at radius 1 is 1.12 bits per heavy atom. The molecule has 0 saturated heterocycles. The van der Waals surface area contributed by atoms with Crippen molar-refractivity contribution in [1.82, 2.24) is 0 Å². The van der Waals surface area contributed by atoms with Crippen LogP contribution in [-0.4, -0.2) is 30.8 Å². The first-order chi connectivity index (χ1) is 12.0. The van der Waals surface area contributed by atoms with Gasteiger partial charge in [-0.25, -0.2) is 4.79 Å². The average molecular weight is 359 g/mol. The first-order valence-electron chi connectivity index (χ1n) is 7.85. The van der Waals surface area contributed by atoms with Crippen LogP contribution in [0.1, 0.15) is 24.2 Å². The Labute approximate surface area is 151 Å². The summed E-state index contributed by atoms with van der Waals surface area (Å²) in [6.45, 7) is 3.51. The fraction of sp³-hybridized carbons (Fsp3) is 0.263. The molecule has 1 N–H and O–H groups in total. The van der Waals surface area contributed by atoms with Crippen molar-refractivity contribution in [1.29, 1.82) is 0 Å². The Morgan fingerprint density at radius 2 is 1.84 bits per heavy atom. The van der Waals surface area contributed by atoms with Crippen LogP contribution in [0.5, 0.6) is 5.75 Å². The van der Waals surface area contributed by atoms with Crippen molar-refractivity contribution in [3.63, 3.8) is 0 Å². The zero-order valence-corrected chi connectivity index (χ0v) is 15.3. The molecule has 6 heteroatoms. The molecular weight excluding hydrogens is 338 g/mol. The minimum absolute atomic E-state index is 0.0612. The molecule has 0 atom stereocenters. The summed E-state index contributed by atoms with van der Waals surface area (Å²) in [4.78, 5) is 24.9. The largest absolute Gasteiger partial charge is 0.491 e. The number of carbonyl (C=O) groups is 2. The van der Waals surface area contributed by atoms with Gasteiger partial charge in [0.15, 0.2) is 6.61 Å². The smallest absolute Gasteiger partial charge is 0.338 e. The first-order valence-corrected chi connectivity index (χ1v) is 9.08. The molecule has 0 aliphatic carbocycles. The number of rotatable bonds is 7. The van der Waals surface area contributed by atoms with Crippen molar-refractivity contribution in [2.24, 2.45) is 0 Å². The molecule has 0 unspecified atom stereocenters. The molecule has 2 aromatic carbocycles. The van der Waals surface area contributed by atoms with Gasteiger partial charge < -0.3 is 14.8 Å². The fourth-order valence-electron chi connectivity index (χ4n) is 2.05. The summed E-state index contributed by atoms with van der Waals surface area (Å²) in [5.41, 5.74) is 1.04. The molecular formula is C19H21NO4S. The van der Waals surface area contributed by atoms with Crippen LogP contribution in [-0.2, 0) is 9.53 Å². The fourth-order valence-corrected chi connectivity index (χ4v) is 2.51. The number of thioether (sulfide) groups is 1. The molecule has 0 radical (unpaired) electrons. The van der Waals surface area contributed by atoms with Crippen LogP contribution in [0.15, 0.2) is 53.4 Å². The van der Waals surface area contributed by atoms with Gasteiger partial charge in [0, 0.05) is 10.6 Å². The number of anilines is 1. The van der Waals surface area contributed by atoms with E-state index in [4.69, 9.17) is 9.47 Å². The molecule has 2 aromatic rings. The zero-order chi connectivity index (χ0) is 18.2. The van der Waals surface area contributed by atoms with Gasteiger partial charge in [-0.2, -0.15) is 0 Å². The van der Waals surface area contributed by atoms with Gasteiger partial charge >= 0.3 is 5.97 Å². The van der Waals surface area contributed by atoms with Gasteiger partial charge in [-0.3, -0.25) is 4.79 Å². The van der Waals surface area contributed by atoms with Gasteiger partial charge in [0.25, 0.3) is 5.91 Å². The second-order valence-electron chi connectivity index (χ2n) is 5.55. The lowest BCUT2D eigenvalue weighted by Crippen LogP contribution is -2.20. The van der Waals surface area contributed by atoms with Crippen LogP contribution in [0.2, 0.25) is 0 Å². The molecule has 2 rings (SSSR count). The Morgan fingerprint density at radius 3 is 2.48 bits per heavy atom. The third kappa shape index (κ3) is 6.15. The molecule has 0 spiro atoms. The van der Waals surface area contributed by atoms with Crippen molar-refractivity contribution >= 4 is 29.3 Å². The van der Waals surface area contributed by atoms with Crippen molar-refractivity contribution in [3.05, 3.63) is 54.1 Å². The van der Waals surface area contributed by atoms with E-state index in [9.17, 15) is 9.59 Å². The van der Waals surface area contributed by atoms with Gasteiger partial charge in [-0.1, -0.05) is 6.07 Å². The maximum absolute atomic E-state index is 12.0. The highest BCUT2D eigenvalue weighted by atomic mass is 32.2. The van der Waals surface area contributed by atoms with E-state index in [0.717, 1.165) is 4.90 Å². The van der Waals surface area contributed by atoms with E-state index in [-0.39, 0.29) is 18.6 Å². The molecule has 0 heterocycles. The summed E-state index contributed by atoms with van der Waals surface area (Å²) in [6, 6.07) is 14.1. The Bertz CT molecular complexity index is 728. The summed E-state index contributed by atoms with van der Waals surface area (Å²) in [5, 5.41) is 2.70. The maximum Gasteiger partial charge on any atom is 0.338 e. The summed E-state index contributed by atoms with van der Waals surface area (Å²) >= 11 is 1.58. The van der Waals surface area contributed by atoms with E-state index in [0.29, 0.717) is 17.0 Å². The minimum Gasteiger partial charge on any atom is -0.491 e. The Balaban J connectivity index is 1.85. The van der Waals surface area contributed by atoms with E-state index < -0.39 is 5.97 Å². The van der Waals surface area contributed by atoms with Crippen LogP contribution in [0.3, 0.4) is 0 Å². The van der Waals surface area contributed by atoms with Crippen LogP contribution < -0.4 is 10.1 Å². The number of benzene rings is 2. The number of ether oxygens (including phenoxy) is 2. The third-order valence-corrected chi connectivity index (χ3v) is 3.87. The van der Waals surface area contributed by atoms with Gasteiger partial charge in [-0.05, 0) is 62.6 Å². The van der Waals surface area contributed by atoms with E-state index in [1.807, 2.05) is 38.3 Å². The Kier molecular flexibility index (Phi) is 6.89. The molecule has 25 heavy (non-hydrogen) atoms. The maximum atomic E-state index is 12.0. The number of hydrogen-bond donors (Lipinski definition) is 1. The predicted molar refractivity (Wildman–Crippen MR) is 99.3 cm³/mol. The van der Waals surface area contributed by atoms with Gasteiger partial charge in [0.1, 0.15) is 5.75 Å². The van der Waals surface area contributed by atoms with E-state index in [1.165, 1.54) is 0 Å². The highest BCUT2D eigenvalue weighted by Gasteiger charge is 2.11. The van der Waals surface area contributed by atoms with Crippen LogP contribution in [0, 0.1) is 0 Å². The molecule has 132 valence electrons. The Hall–Kier alpha value is -2.47. The third-order valence-electron chi connectivity index (χ3n) is 3.15. The van der Waals surface area contributed by atoms with Crippen LogP contribution in [0.25, 0.3) is 0 Å². The number of carbonyl (C=O) groups excluding carboxylic acids is 2. The van der Waals surface area contributed by atoms with Crippen molar-refractivity contribution in [2.75, 3.05) is 18.2 Å². The molecule has 0 aromatic heterocycles. The molecule has 0 saturated carbocycles. The summed E-state index contributed by atoms with van der Waals surface area (Å²) in [5.74, 6) is -0.256. The number of amides is 1. The number of esters is 1. The van der Waals surface area contributed by atoms with Gasteiger partial charge in [0.05, 0.1) is 11.7 Å². The van der Waals surface area contributed by atoms with E-state index >= 15 is 0 Å². The molecule has 0 aliphatic heterocycles. The molecule has 0 fully saturated rings. The topological polar surface area (TPSA) is 64.6 Å². The van der Waals surface area contributed by atoms with Crippen molar-refractivity contribution < 1.29 is 19.1 Å². The van der Waals surface area contributed by atoms with E-state index in [1.54, 1.807) is 42.1 Å². The molecule has 0 aliphatic rings. The quantitative estimate of drug-likeness (QED) is 0.598. The van der Waals surface area contributed by atoms with Gasteiger partial charge in [0.2, 0.25) is 0 Å². The second-order valence-corrected chi connectivity index (χ2v) is 6.43. The SMILES string of the molecule is CSc1cccc(NC(=O)COC(=O)c2ccc(OC(C)C)cc2)c1. The number of nitrogens with one attached hydrogen (secondary N) is 1. The summed E-state index contributed by atoms with van der Waals surface area (Å²) in [7, 11) is 0. The lowest BCUT2D eigenvalue weighted by molar-refractivity contribution is -0.119. The number of hydrogen-bond acceptors (Lipinski definition) is 5. The average Bonchev–Trinajstić information content (AvgIpc) is 2.60. The second kappa shape index (κ2) is 9.13. The molecule has 5 nitrogen and oxygen atoms in total. The lowest BCUT2D eigenvalue weighted by Gasteiger charge is -2.10. The summed E-state index contributed by atoms with van der Waals surface area (Å²) in [6.07, 6.45) is 2.02. The zero-order valence-electron chi connectivity index (χ0n) is 14.4. The van der Waals surface area contributed by atoms with Gasteiger partial charge in [-0.15, -0.1) is 11.8 Å². The standard InChI is InChI=1S/C19H21NO4S/c1-13(2)24-16-9-7-14(8-10-16)19(22)23-12-18(21)20-15-5-4-6-17(11-15)25-3/h4-11,13H,12H2,1-3H3,(H,20,21). The van der Waals surface area contributed by atoms with Crippen molar-refractivity contribution in [3.8, 4) is 5.75 Å².